The predicted octanol–water partition coefficient (Wildman–Crippen LogP) is 3.64. The van der Waals surface area contributed by atoms with E-state index in [0.29, 0.717) is 12.0 Å². The highest BCUT2D eigenvalue weighted by Crippen LogP contribution is 2.43. The van der Waals surface area contributed by atoms with Crippen molar-refractivity contribution in [2.45, 2.75) is 58.9 Å². The summed E-state index contributed by atoms with van der Waals surface area (Å²) in [6, 6.07) is 0. The lowest BCUT2D eigenvalue weighted by atomic mass is 9.73. The minimum atomic E-state index is 0. The fourth-order valence-corrected chi connectivity index (χ4v) is 3.93. The van der Waals surface area contributed by atoms with E-state index in [1.807, 2.05) is 20.9 Å². The van der Waals surface area contributed by atoms with E-state index in [9.17, 15) is 0 Å². The molecule has 0 atom stereocenters. The zero-order chi connectivity index (χ0) is 15.6. The van der Waals surface area contributed by atoms with Crippen molar-refractivity contribution in [1.82, 2.24) is 15.2 Å². The molecular formula is C17H29IN4O. The number of rotatable bonds is 2. The highest BCUT2D eigenvalue weighted by Gasteiger charge is 2.39. The van der Waals surface area contributed by atoms with Crippen LogP contribution < -0.4 is 5.32 Å². The van der Waals surface area contributed by atoms with Gasteiger partial charge in [0.2, 0.25) is 5.89 Å². The second-order valence-corrected chi connectivity index (χ2v) is 6.88. The fraction of sp³-hybridized carbons (Fsp3) is 0.765. The Bertz CT molecular complexity index is 529. The molecule has 1 aromatic rings. The molecule has 2 fully saturated rings. The first-order chi connectivity index (χ1) is 10.6. The lowest BCUT2D eigenvalue weighted by Gasteiger charge is -2.33. The van der Waals surface area contributed by atoms with E-state index in [4.69, 9.17) is 4.42 Å². The first kappa shape index (κ1) is 18.5. The third-order valence-electron chi connectivity index (χ3n) is 5.33. The number of nitrogens with one attached hydrogen (secondary N) is 1. The number of nitrogens with zero attached hydrogens (tertiary/aromatic N) is 3. The summed E-state index contributed by atoms with van der Waals surface area (Å²) in [6.45, 7) is 6.79. The van der Waals surface area contributed by atoms with Gasteiger partial charge in [-0.25, -0.2) is 4.98 Å². The van der Waals surface area contributed by atoms with Crippen molar-refractivity contribution in [2.75, 3.05) is 20.1 Å². The van der Waals surface area contributed by atoms with Crippen molar-refractivity contribution in [3.8, 4) is 0 Å². The number of aryl methyl sites for hydroxylation is 2. The van der Waals surface area contributed by atoms with E-state index in [1.54, 1.807) is 0 Å². The maximum atomic E-state index is 5.63. The Morgan fingerprint density at radius 1 is 1.26 bits per heavy atom. The first-order valence-corrected chi connectivity index (χ1v) is 8.50. The number of aliphatic imine (C=N–C) groups is 1. The average molecular weight is 432 g/mol. The predicted molar refractivity (Wildman–Crippen MR) is 103 cm³/mol. The van der Waals surface area contributed by atoms with Gasteiger partial charge in [-0.05, 0) is 38.5 Å². The van der Waals surface area contributed by atoms with Crippen LogP contribution in [0.1, 0.15) is 55.9 Å². The highest BCUT2D eigenvalue weighted by atomic mass is 127. The van der Waals surface area contributed by atoms with Crippen LogP contribution in [0.4, 0.5) is 0 Å². The van der Waals surface area contributed by atoms with Gasteiger partial charge in [-0.3, -0.25) is 4.99 Å². The Morgan fingerprint density at radius 3 is 2.61 bits per heavy atom. The first-order valence-electron chi connectivity index (χ1n) is 8.50. The smallest absolute Gasteiger partial charge is 0.214 e. The molecule has 1 saturated carbocycles. The number of halogens is 1. The molecule has 0 radical (unpaired) electrons. The van der Waals surface area contributed by atoms with E-state index < -0.39 is 0 Å². The zero-order valence-electron chi connectivity index (χ0n) is 14.5. The quantitative estimate of drug-likeness (QED) is 0.441. The van der Waals surface area contributed by atoms with E-state index >= 15 is 0 Å². The summed E-state index contributed by atoms with van der Waals surface area (Å²) in [6.07, 6.45) is 8.29. The van der Waals surface area contributed by atoms with Crippen LogP contribution in [0.2, 0.25) is 0 Å². The largest absolute Gasteiger partial charge is 0.444 e. The van der Waals surface area contributed by atoms with Crippen molar-refractivity contribution in [3.05, 3.63) is 17.3 Å². The average Bonchev–Trinajstić information content (AvgIpc) is 3.05. The molecule has 0 bridgehead atoms. The molecule has 1 aliphatic carbocycles. The monoisotopic (exact) mass is 432 g/mol. The van der Waals surface area contributed by atoms with Gasteiger partial charge in [0, 0.05) is 20.1 Å². The zero-order valence-corrected chi connectivity index (χ0v) is 16.9. The van der Waals surface area contributed by atoms with Gasteiger partial charge in [0.25, 0.3) is 0 Å². The van der Waals surface area contributed by atoms with Crippen molar-refractivity contribution in [2.24, 2.45) is 10.4 Å². The second-order valence-electron chi connectivity index (χ2n) is 6.88. The molecule has 6 heteroatoms. The lowest BCUT2D eigenvalue weighted by molar-refractivity contribution is 0.203. The normalized spacial score (nSPS) is 20.7. The van der Waals surface area contributed by atoms with Crippen molar-refractivity contribution >= 4 is 29.9 Å². The summed E-state index contributed by atoms with van der Waals surface area (Å²) < 4.78 is 5.63. The molecule has 5 nitrogen and oxygen atoms in total. The van der Waals surface area contributed by atoms with Crippen LogP contribution in [0.15, 0.2) is 9.41 Å². The summed E-state index contributed by atoms with van der Waals surface area (Å²) in [7, 11) is 1.86. The number of likely N-dealkylation sites (tertiary alicyclic amines) is 1. The molecule has 23 heavy (non-hydrogen) atoms. The number of hydrogen-bond donors (Lipinski definition) is 1. The fourth-order valence-electron chi connectivity index (χ4n) is 3.93. The van der Waals surface area contributed by atoms with Crippen LogP contribution in [-0.4, -0.2) is 36.0 Å². The Kier molecular flexibility index (Phi) is 6.33. The minimum Gasteiger partial charge on any atom is -0.444 e. The molecule has 2 aliphatic rings. The van der Waals surface area contributed by atoms with Crippen LogP contribution >= 0.6 is 24.0 Å². The molecule has 1 aliphatic heterocycles. The SMILES string of the molecule is CN=C(NCc1nc(C)c(C)o1)N1CCC2(CCCCC2)C1.I. The van der Waals surface area contributed by atoms with Gasteiger partial charge in [-0.1, -0.05) is 19.3 Å². The summed E-state index contributed by atoms with van der Waals surface area (Å²) in [4.78, 5) is 11.3. The Balaban J connectivity index is 0.00000192. The van der Waals surface area contributed by atoms with Gasteiger partial charge in [-0.15, -0.1) is 24.0 Å². The van der Waals surface area contributed by atoms with Crippen LogP contribution in [0.3, 0.4) is 0 Å². The van der Waals surface area contributed by atoms with Crippen molar-refractivity contribution < 1.29 is 4.42 Å². The van der Waals surface area contributed by atoms with Crippen molar-refractivity contribution in [3.63, 3.8) is 0 Å². The number of guanidine groups is 1. The number of aromatic nitrogens is 1. The molecular weight excluding hydrogens is 403 g/mol. The van der Waals surface area contributed by atoms with Gasteiger partial charge >= 0.3 is 0 Å². The molecule has 130 valence electrons. The Hall–Kier alpha value is -0.790. The molecule has 0 amide bonds. The van der Waals surface area contributed by atoms with E-state index in [0.717, 1.165) is 36.4 Å². The van der Waals surface area contributed by atoms with Gasteiger partial charge in [0.15, 0.2) is 5.96 Å². The lowest BCUT2D eigenvalue weighted by Crippen LogP contribution is -2.41. The van der Waals surface area contributed by atoms with Crippen molar-refractivity contribution in [1.29, 1.82) is 0 Å². The van der Waals surface area contributed by atoms with Crippen LogP contribution in [0, 0.1) is 19.3 Å². The summed E-state index contributed by atoms with van der Waals surface area (Å²) in [5.41, 5.74) is 1.51. The van der Waals surface area contributed by atoms with E-state index in [2.05, 4.69) is 20.2 Å². The second kappa shape index (κ2) is 7.85. The van der Waals surface area contributed by atoms with Gasteiger partial charge < -0.3 is 14.6 Å². The summed E-state index contributed by atoms with van der Waals surface area (Å²) in [5.74, 6) is 2.62. The van der Waals surface area contributed by atoms with Crippen LogP contribution in [0.5, 0.6) is 0 Å². The van der Waals surface area contributed by atoms with Gasteiger partial charge in [-0.2, -0.15) is 0 Å². The minimum absolute atomic E-state index is 0. The number of oxazole rings is 1. The molecule has 0 unspecified atom stereocenters. The molecule has 3 rings (SSSR count). The third-order valence-corrected chi connectivity index (χ3v) is 5.33. The Morgan fingerprint density at radius 2 is 2.00 bits per heavy atom. The molecule has 0 aromatic carbocycles. The van der Waals surface area contributed by atoms with E-state index in [1.165, 1.54) is 38.5 Å². The van der Waals surface area contributed by atoms with Crippen LogP contribution in [-0.2, 0) is 6.54 Å². The molecule has 1 aromatic heterocycles. The molecule has 1 spiro atoms. The maximum absolute atomic E-state index is 5.63. The maximum Gasteiger partial charge on any atom is 0.214 e. The summed E-state index contributed by atoms with van der Waals surface area (Å²) in [5, 5.41) is 3.41. The molecule has 1 saturated heterocycles. The molecule has 1 N–H and O–H groups in total. The van der Waals surface area contributed by atoms with Gasteiger partial charge in [0.05, 0.1) is 12.2 Å². The van der Waals surface area contributed by atoms with E-state index in [-0.39, 0.29) is 24.0 Å². The topological polar surface area (TPSA) is 53.7 Å². The number of hydrogen-bond acceptors (Lipinski definition) is 3. The molecule has 2 heterocycles. The third kappa shape index (κ3) is 4.19. The summed E-state index contributed by atoms with van der Waals surface area (Å²) >= 11 is 0. The van der Waals surface area contributed by atoms with Crippen LogP contribution in [0.25, 0.3) is 0 Å². The standard InChI is InChI=1S/C17H28N4O.HI/c1-13-14(2)22-15(20-13)11-19-16(18-3)21-10-9-17(12-21)7-5-4-6-8-17;/h4-12H2,1-3H3,(H,18,19);1H. The highest BCUT2D eigenvalue weighted by molar-refractivity contribution is 14.0. The Labute approximate surface area is 156 Å². The van der Waals surface area contributed by atoms with Gasteiger partial charge in [0.1, 0.15) is 5.76 Å².